The zero-order valence-electron chi connectivity index (χ0n) is 11.5. The molecule has 2 heterocycles. The van der Waals surface area contributed by atoms with E-state index in [2.05, 4.69) is 17.3 Å². The van der Waals surface area contributed by atoms with Gasteiger partial charge in [0, 0.05) is 31.4 Å². The number of rotatable bonds is 2. The van der Waals surface area contributed by atoms with E-state index in [1.54, 1.807) is 4.68 Å². The summed E-state index contributed by atoms with van der Waals surface area (Å²) < 4.78 is 1.78. The van der Waals surface area contributed by atoms with Crippen molar-refractivity contribution in [3.8, 4) is 0 Å². The quantitative estimate of drug-likeness (QED) is 0.892. The summed E-state index contributed by atoms with van der Waals surface area (Å²) in [6.07, 6.45) is 0. The van der Waals surface area contributed by atoms with Crippen molar-refractivity contribution in [2.45, 2.75) is 33.4 Å². The molecule has 0 bridgehead atoms. The molecule has 1 fully saturated rings. The molecule has 1 aliphatic rings. The van der Waals surface area contributed by atoms with Crippen LogP contribution in [0.1, 0.15) is 18.3 Å². The topological polar surface area (TPSA) is 50.2 Å². The second kappa shape index (κ2) is 7.72. The molecule has 1 aliphatic heterocycles. The number of aryl methyl sites for hydroxylation is 2. The standard InChI is InChI=1S/C12H20N4O.2ClH/c1-9-6-10(2)16(14-9)8-12(17)15-5-4-13-7-11(15)3;;/h6,11,13H,4-5,7-8H2,1-3H3;2*1H. The average Bonchev–Trinajstić information content (AvgIpc) is 2.58. The molecule has 1 atom stereocenters. The first kappa shape index (κ1) is 18.2. The molecular formula is C12H22Cl2N4O. The Hall–Kier alpha value is -0.780. The fourth-order valence-corrected chi connectivity index (χ4v) is 2.27. The highest BCUT2D eigenvalue weighted by molar-refractivity contribution is 5.85. The van der Waals surface area contributed by atoms with Crippen molar-refractivity contribution in [1.82, 2.24) is 20.0 Å². The van der Waals surface area contributed by atoms with Crippen molar-refractivity contribution in [2.75, 3.05) is 19.6 Å². The first-order chi connectivity index (χ1) is 8.08. The lowest BCUT2D eigenvalue weighted by atomic mass is 10.2. The Kier molecular flexibility index (Phi) is 7.41. The van der Waals surface area contributed by atoms with Gasteiger partial charge in [-0.2, -0.15) is 5.10 Å². The normalized spacial score (nSPS) is 18.5. The fourth-order valence-electron chi connectivity index (χ4n) is 2.27. The molecule has 1 aromatic heterocycles. The number of hydrogen-bond acceptors (Lipinski definition) is 3. The highest BCUT2D eigenvalue weighted by Gasteiger charge is 2.23. The van der Waals surface area contributed by atoms with Crippen LogP contribution >= 0.6 is 24.8 Å². The SMILES string of the molecule is Cc1cc(C)n(CC(=O)N2CCNCC2C)n1.Cl.Cl. The van der Waals surface area contributed by atoms with E-state index in [0.29, 0.717) is 6.54 Å². The van der Waals surface area contributed by atoms with Crippen LogP contribution in [-0.2, 0) is 11.3 Å². The van der Waals surface area contributed by atoms with Gasteiger partial charge in [-0.05, 0) is 26.8 Å². The Morgan fingerprint density at radius 3 is 2.68 bits per heavy atom. The van der Waals surface area contributed by atoms with Gasteiger partial charge in [-0.1, -0.05) is 0 Å². The summed E-state index contributed by atoms with van der Waals surface area (Å²) in [4.78, 5) is 14.1. The average molecular weight is 309 g/mol. The molecule has 0 saturated carbocycles. The first-order valence-electron chi connectivity index (χ1n) is 6.09. The Labute approximate surface area is 126 Å². The van der Waals surface area contributed by atoms with Gasteiger partial charge in [-0.25, -0.2) is 0 Å². The van der Waals surface area contributed by atoms with Crippen molar-refractivity contribution < 1.29 is 4.79 Å². The molecule has 1 saturated heterocycles. The molecule has 0 radical (unpaired) electrons. The van der Waals surface area contributed by atoms with Crippen molar-refractivity contribution in [3.63, 3.8) is 0 Å². The van der Waals surface area contributed by atoms with E-state index in [0.717, 1.165) is 31.0 Å². The van der Waals surface area contributed by atoms with Gasteiger partial charge in [0.1, 0.15) is 6.54 Å². The van der Waals surface area contributed by atoms with Gasteiger partial charge in [0.05, 0.1) is 5.69 Å². The zero-order valence-corrected chi connectivity index (χ0v) is 13.2. The van der Waals surface area contributed by atoms with Crippen LogP contribution in [0.3, 0.4) is 0 Å². The van der Waals surface area contributed by atoms with Crippen molar-refractivity contribution in [1.29, 1.82) is 0 Å². The Morgan fingerprint density at radius 1 is 1.47 bits per heavy atom. The number of aromatic nitrogens is 2. The van der Waals surface area contributed by atoms with Crippen LogP contribution in [-0.4, -0.2) is 46.3 Å². The number of halogens is 2. The van der Waals surface area contributed by atoms with Crippen LogP contribution in [0.2, 0.25) is 0 Å². The molecule has 1 aromatic rings. The van der Waals surface area contributed by atoms with E-state index in [1.165, 1.54) is 0 Å². The monoisotopic (exact) mass is 308 g/mol. The maximum atomic E-state index is 12.2. The maximum Gasteiger partial charge on any atom is 0.244 e. The van der Waals surface area contributed by atoms with Gasteiger partial charge in [0.15, 0.2) is 0 Å². The third-order valence-electron chi connectivity index (χ3n) is 3.21. The molecule has 5 nitrogen and oxygen atoms in total. The molecule has 1 N–H and O–H groups in total. The number of carbonyl (C=O) groups is 1. The van der Waals surface area contributed by atoms with Crippen molar-refractivity contribution >= 4 is 30.7 Å². The zero-order chi connectivity index (χ0) is 12.4. The molecule has 110 valence electrons. The van der Waals surface area contributed by atoms with Gasteiger partial charge in [0.25, 0.3) is 0 Å². The molecule has 0 aliphatic carbocycles. The minimum Gasteiger partial charge on any atom is -0.336 e. The van der Waals surface area contributed by atoms with Gasteiger partial charge in [-0.3, -0.25) is 9.48 Å². The summed E-state index contributed by atoms with van der Waals surface area (Å²) in [5.41, 5.74) is 2.00. The molecule has 2 rings (SSSR count). The third-order valence-corrected chi connectivity index (χ3v) is 3.21. The lowest BCUT2D eigenvalue weighted by molar-refractivity contribution is -0.134. The predicted octanol–water partition coefficient (Wildman–Crippen LogP) is 1.16. The molecular weight excluding hydrogens is 287 g/mol. The Morgan fingerprint density at radius 2 is 2.16 bits per heavy atom. The van der Waals surface area contributed by atoms with E-state index in [1.807, 2.05) is 24.8 Å². The van der Waals surface area contributed by atoms with E-state index in [-0.39, 0.29) is 36.8 Å². The summed E-state index contributed by atoms with van der Waals surface area (Å²) in [7, 11) is 0. The fraction of sp³-hybridized carbons (Fsp3) is 0.667. The predicted molar refractivity (Wildman–Crippen MR) is 80.2 cm³/mol. The van der Waals surface area contributed by atoms with Crippen LogP contribution in [0.5, 0.6) is 0 Å². The van der Waals surface area contributed by atoms with Crippen LogP contribution in [0.4, 0.5) is 0 Å². The Bertz CT molecular complexity index is 422. The third kappa shape index (κ3) is 4.37. The summed E-state index contributed by atoms with van der Waals surface area (Å²) >= 11 is 0. The number of amides is 1. The molecule has 19 heavy (non-hydrogen) atoms. The summed E-state index contributed by atoms with van der Waals surface area (Å²) in [5.74, 6) is 0.158. The van der Waals surface area contributed by atoms with Gasteiger partial charge >= 0.3 is 0 Å². The molecule has 0 spiro atoms. The van der Waals surface area contributed by atoms with E-state index < -0.39 is 0 Å². The van der Waals surface area contributed by atoms with Crippen LogP contribution in [0.25, 0.3) is 0 Å². The minimum atomic E-state index is 0. The summed E-state index contributed by atoms with van der Waals surface area (Å²) in [6, 6.07) is 2.27. The van der Waals surface area contributed by atoms with Crippen LogP contribution in [0.15, 0.2) is 6.07 Å². The highest BCUT2D eigenvalue weighted by atomic mass is 35.5. The number of carbonyl (C=O) groups excluding carboxylic acids is 1. The van der Waals surface area contributed by atoms with E-state index >= 15 is 0 Å². The summed E-state index contributed by atoms with van der Waals surface area (Å²) in [5, 5.41) is 7.61. The Balaban J connectivity index is 0.00000162. The van der Waals surface area contributed by atoms with Crippen LogP contribution < -0.4 is 5.32 Å². The van der Waals surface area contributed by atoms with E-state index in [9.17, 15) is 4.79 Å². The molecule has 7 heteroatoms. The number of hydrogen-bond donors (Lipinski definition) is 1. The van der Waals surface area contributed by atoms with Crippen molar-refractivity contribution in [2.24, 2.45) is 0 Å². The van der Waals surface area contributed by atoms with E-state index in [4.69, 9.17) is 0 Å². The molecule has 1 amide bonds. The lowest BCUT2D eigenvalue weighted by Crippen LogP contribution is -2.53. The minimum absolute atomic E-state index is 0. The van der Waals surface area contributed by atoms with Gasteiger partial charge in [-0.15, -0.1) is 24.8 Å². The van der Waals surface area contributed by atoms with Crippen molar-refractivity contribution in [3.05, 3.63) is 17.5 Å². The first-order valence-corrected chi connectivity index (χ1v) is 6.09. The second-order valence-electron chi connectivity index (χ2n) is 4.73. The van der Waals surface area contributed by atoms with Gasteiger partial charge < -0.3 is 10.2 Å². The number of nitrogens with one attached hydrogen (secondary N) is 1. The smallest absolute Gasteiger partial charge is 0.244 e. The largest absolute Gasteiger partial charge is 0.336 e. The highest BCUT2D eigenvalue weighted by Crippen LogP contribution is 2.06. The van der Waals surface area contributed by atoms with Crippen LogP contribution in [0, 0.1) is 13.8 Å². The number of piperazine rings is 1. The number of nitrogens with zero attached hydrogens (tertiary/aromatic N) is 3. The maximum absolute atomic E-state index is 12.2. The lowest BCUT2D eigenvalue weighted by Gasteiger charge is -2.34. The molecule has 1 unspecified atom stereocenters. The molecule has 0 aromatic carbocycles. The second-order valence-corrected chi connectivity index (χ2v) is 4.73. The summed E-state index contributed by atoms with van der Waals surface area (Å²) in [6.45, 7) is 8.90. The van der Waals surface area contributed by atoms with Gasteiger partial charge in [0.2, 0.25) is 5.91 Å².